The first-order valence-electron chi connectivity index (χ1n) is 5.44. The second kappa shape index (κ2) is 3.57. The first-order valence-corrected chi connectivity index (χ1v) is 5.44. The molecule has 4 nitrogen and oxygen atoms in total. The number of benzene rings is 1. The van der Waals surface area contributed by atoms with Crippen LogP contribution in [0.3, 0.4) is 0 Å². The molecule has 1 saturated carbocycles. The van der Waals surface area contributed by atoms with E-state index in [4.69, 9.17) is 9.47 Å². The van der Waals surface area contributed by atoms with Gasteiger partial charge >= 0.3 is 0 Å². The summed E-state index contributed by atoms with van der Waals surface area (Å²) in [6.45, 7) is 0.751. The normalized spacial score (nSPS) is 19.4. The third kappa shape index (κ3) is 1.59. The van der Waals surface area contributed by atoms with Crippen molar-refractivity contribution in [3.05, 3.63) is 23.5 Å². The number of hydrogen-bond donors (Lipinski definition) is 0. The topological polar surface area (TPSA) is 47.9 Å². The van der Waals surface area contributed by atoms with Crippen LogP contribution in [0, 0.1) is 5.82 Å². The van der Waals surface area contributed by atoms with E-state index in [-0.39, 0.29) is 5.75 Å². The van der Waals surface area contributed by atoms with Crippen molar-refractivity contribution in [3.63, 3.8) is 0 Å². The zero-order valence-corrected chi connectivity index (χ0v) is 9.03. The molecule has 1 fully saturated rings. The highest BCUT2D eigenvalue weighted by Crippen LogP contribution is 2.51. The molecule has 1 aliphatic carbocycles. The molecule has 0 aromatic heterocycles. The second-order valence-electron chi connectivity index (χ2n) is 4.22. The van der Waals surface area contributed by atoms with E-state index in [1.54, 1.807) is 12.1 Å². The standard InChI is InChI=1S/C12H10FNO3/c13-9-5-8(12(1-2-12)14-7-15)6-10-11(9)17-4-3-16-10/h5-6H,1-4H2. The molecule has 0 atom stereocenters. The molecule has 0 amide bonds. The summed E-state index contributed by atoms with van der Waals surface area (Å²) in [5, 5.41) is 0. The highest BCUT2D eigenvalue weighted by molar-refractivity contribution is 5.50. The SMILES string of the molecule is O=C=NC1(c2cc(F)c3c(c2)OCCO3)CC1. The van der Waals surface area contributed by atoms with Gasteiger partial charge in [-0.3, -0.25) is 0 Å². The first-order chi connectivity index (χ1) is 8.25. The van der Waals surface area contributed by atoms with Crippen molar-refractivity contribution in [1.82, 2.24) is 0 Å². The summed E-state index contributed by atoms with van der Waals surface area (Å²) in [5.41, 5.74) is 0.0703. The van der Waals surface area contributed by atoms with E-state index in [1.165, 1.54) is 6.07 Å². The van der Waals surface area contributed by atoms with Gasteiger partial charge in [-0.05, 0) is 30.5 Å². The average Bonchev–Trinajstić information content (AvgIpc) is 3.11. The Kier molecular flexibility index (Phi) is 2.16. The number of carbonyl (C=O) groups excluding carboxylic acids is 1. The van der Waals surface area contributed by atoms with Crippen LogP contribution in [-0.4, -0.2) is 19.3 Å². The molecule has 0 N–H and O–H groups in total. The predicted molar refractivity (Wildman–Crippen MR) is 56.4 cm³/mol. The van der Waals surface area contributed by atoms with Crippen LogP contribution in [0.2, 0.25) is 0 Å². The number of halogens is 1. The van der Waals surface area contributed by atoms with E-state index in [9.17, 15) is 9.18 Å². The van der Waals surface area contributed by atoms with Crippen LogP contribution in [0.5, 0.6) is 11.5 Å². The Morgan fingerprint density at radius 2 is 2.06 bits per heavy atom. The Morgan fingerprint density at radius 1 is 1.29 bits per heavy atom. The van der Waals surface area contributed by atoms with Crippen LogP contribution in [0.4, 0.5) is 4.39 Å². The minimum atomic E-state index is -0.585. The molecule has 1 aliphatic heterocycles. The number of ether oxygens (including phenoxy) is 2. The Morgan fingerprint density at radius 3 is 2.76 bits per heavy atom. The molecule has 0 spiro atoms. The molecule has 5 heteroatoms. The lowest BCUT2D eigenvalue weighted by atomic mass is 10.0. The van der Waals surface area contributed by atoms with Gasteiger partial charge in [0, 0.05) is 0 Å². The summed E-state index contributed by atoms with van der Waals surface area (Å²) in [6.07, 6.45) is 3.02. The van der Waals surface area contributed by atoms with Crippen molar-refractivity contribution >= 4 is 6.08 Å². The van der Waals surface area contributed by atoms with Gasteiger partial charge in [0.1, 0.15) is 13.2 Å². The highest BCUT2D eigenvalue weighted by Gasteiger charge is 2.45. The molecule has 88 valence electrons. The van der Waals surface area contributed by atoms with Crippen molar-refractivity contribution in [1.29, 1.82) is 0 Å². The van der Waals surface area contributed by atoms with Crippen molar-refractivity contribution < 1.29 is 18.7 Å². The van der Waals surface area contributed by atoms with Crippen LogP contribution < -0.4 is 9.47 Å². The first kappa shape index (κ1) is 10.3. The number of nitrogens with zero attached hydrogens (tertiary/aromatic N) is 1. The van der Waals surface area contributed by atoms with Crippen LogP contribution in [0.15, 0.2) is 17.1 Å². The fourth-order valence-corrected chi connectivity index (χ4v) is 2.05. The largest absolute Gasteiger partial charge is 0.486 e. The molecule has 1 aromatic rings. The summed E-state index contributed by atoms with van der Waals surface area (Å²) in [4.78, 5) is 14.1. The second-order valence-corrected chi connectivity index (χ2v) is 4.22. The predicted octanol–water partition coefficient (Wildman–Crippen LogP) is 1.92. The van der Waals surface area contributed by atoms with Gasteiger partial charge in [-0.2, -0.15) is 4.99 Å². The Labute approximate surface area is 97.1 Å². The maximum atomic E-state index is 13.8. The Hall–Kier alpha value is -1.87. The molecule has 2 aliphatic rings. The summed E-state index contributed by atoms with van der Waals surface area (Å²) in [6, 6.07) is 3.06. The molecule has 0 bridgehead atoms. The summed E-state index contributed by atoms with van der Waals surface area (Å²) in [7, 11) is 0. The van der Waals surface area contributed by atoms with E-state index in [2.05, 4.69) is 4.99 Å². The van der Waals surface area contributed by atoms with Crippen molar-refractivity contribution in [2.75, 3.05) is 13.2 Å². The maximum Gasteiger partial charge on any atom is 0.235 e. The van der Waals surface area contributed by atoms with Crippen LogP contribution in [-0.2, 0) is 10.3 Å². The lowest BCUT2D eigenvalue weighted by molar-refractivity contribution is 0.164. The number of hydrogen-bond acceptors (Lipinski definition) is 4. The third-order valence-electron chi connectivity index (χ3n) is 3.12. The van der Waals surface area contributed by atoms with Crippen molar-refractivity contribution in [3.8, 4) is 11.5 Å². The van der Waals surface area contributed by atoms with E-state index in [1.807, 2.05) is 0 Å². The lowest BCUT2D eigenvalue weighted by Gasteiger charge is -2.20. The summed E-state index contributed by atoms with van der Waals surface area (Å²) < 4.78 is 24.3. The van der Waals surface area contributed by atoms with Gasteiger partial charge in [-0.25, -0.2) is 9.18 Å². The minimum Gasteiger partial charge on any atom is -0.486 e. The number of aliphatic imine (C=N–C) groups is 1. The molecular formula is C12H10FNO3. The smallest absolute Gasteiger partial charge is 0.235 e. The maximum absolute atomic E-state index is 13.8. The van der Waals surface area contributed by atoms with Crippen LogP contribution in [0.1, 0.15) is 18.4 Å². The van der Waals surface area contributed by atoms with Crippen molar-refractivity contribution in [2.24, 2.45) is 4.99 Å². The van der Waals surface area contributed by atoms with Crippen LogP contribution in [0.25, 0.3) is 0 Å². The molecule has 17 heavy (non-hydrogen) atoms. The molecular weight excluding hydrogens is 225 g/mol. The zero-order valence-electron chi connectivity index (χ0n) is 9.03. The van der Waals surface area contributed by atoms with E-state index in [0.717, 1.165) is 12.8 Å². The quantitative estimate of drug-likeness (QED) is 0.581. The fourth-order valence-electron chi connectivity index (χ4n) is 2.05. The molecule has 3 rings (SSSR count). The number of rotatable bonds is 2. The fraction of sp³-hybridized carbons (Fsp3) is 0.417. The van der Waals surface area contributed by atoms with Gasteiger partial charge in [-0.1, -0.05) is 0 Å². The van der Waals surface area contributed by atoms with Gasteiger partial charge in [0.2, 0.25) is 6.08 Å². The van der Waals surface area contributed by atoms with Crippen molar-refractivity contribution in [2.45, 2.75) is 18.4 Å². The van der Waals surface area contributed by atoms with E-state index in [0.29, 0.717) is 24.5 Å². The lowest BCUT2D eigenvalue weighted by Crippen LogP contribution is -2.17. The molecule has 1 aromatic carbocycles. The van der Waals surface area contributed by atoms with Gasteiger partial charge in [0.25, 0.3) is 0 Å². The molecule has 0 radical (unpaired) electrons. The summed E-state index contributed by atoms with van der Waals surface area (Å²) >= 11 is 0. The van der Waals surface area contributed by atoms with Gasteiger partial charge in [-0.15, -0.1) is 0 Å². The average molecular weight is 235 g/mol. The van der Waals surface area contributed by atoms with E-state index >= 15 is 0 Å². The zero-order chi connectivity index (χ0) is 11.9. The number of isocyanates is 1. The number of fused-ring (bicyclic) bond motifs is 1. The minimum absolute atomic E-state index is 0.144. The Balaban J connectivity index is 2.08. The molecule has 0 saturated heterocycles. The van der Waals surface area contributed by atoms with Crippen LogP contribution >= 0.6 is 0 Å². The Bertz CT molecular complexity index is 519. The highest BCUT2D eigenvalue weighted by atomic mass is 19.1. The summed E-state index contributed by atoms with van der Waals surface area (Å²) in [5.74, 6) is 0.0640. The molecule has 0 unspecified atom stereocenters. The van der Waals surface area contributed by atoms with Gasteiger partial charge in [0.05, 0.1) is 5.54 Å². The van der Waals surface area contributed by atoms with E-state index < -0.39 is 11.4 Å². The monoisotopic (exact) mass is 235 g/mol. The third-order valence-corrected chi connectivity index (χ3v) is 3.12. The van der Waals surface area contributed by atoms with Gasteiger partial charge in [0.15, 0.2) is 17.3 Å². The molecule has 1 heterocycles. The van der Waals surface area contributed by atoms with Gasteiger partial charge < -0.3 is 9.47 Å².